The number of nitrogens with one attached hydrogen (secondary N) is 1. The first-order chi connectivity index (χ1) is 9.97. The lowest BCUT2D eigenvalue weighted by Gasteiger charge is -2.05. The van der Waals surface area contributed by atoms with Gasteiger partial charge in [-0.2, -0.15) is 13.2 Å². The maximum absolute atomic E-state index is 12.7. The van der Waals surface area contributed by atoms with E-state index in [0.29, 0.717) is 22.6 Å². The fourth-order valence-electron chi connectivity index (χ4n) is 2.06. The molecule has 0 unspecified atom stereocenters. The average Bonchev–Trinajstić information content (AvgIpc) is 2.89. The van der Waals surface area contributed by atoms with Crippen LogP contribution in [-0.4, -0.2) is 15.0 Å². The zero-order chi connectivity index (χ0) is 15.0. The lowest BCUT2D eigenvalue weighted by molar-refractivity contribution is -0.137. The van der Waals surface area contributed by atoms with Crippen molar-refractivity contribution in [3.05, 3.63) is 47.8 Å². The second kappa shape index (κ2) is 4.85. The first-order valence-corrected chi connectivity index (χ1v) is 6.20. The van der Waals surface area contributed by atoms with Crippen LogP contribution in [0, 0.1) is 0 Å². The zero-order valence-electron chi connectivity index (χ0n) is 10.8. The molecule has 3 N–H and O–H groups in total. The molecule has 108 valence electrons. The normalized spacial score (nSPS) is 12.0. The standard InChI is InChI=1S/C14H11F3N4/c15-14(16,17)9-1-2-11-12(6-9)21-13(20-11)8-3-4-19-10(5-8)7-18/h1-6H,7,18H2,(H,20,21). The number of nitrogens with two attached hydrogens (primary N) is 1. The Morgan fingerprint density at radius 2 is 1.95 bits per heavy atom. The molecule has 21 heavy (non-hydrogen) atoms. The molecule has 0 bridgehead atoms. The quantitative estimate of drug-likeness (QED) is 0.762. The molecule has 0 spiro atoms. The van der Waals surface area contributed by atoms with Crippen LogP contribution in [0.1, 0.15) is 11.3 Å². The molecular formula is C14H11F3N4. The molecule has 2 heterocycles. The molecule has 0 fully saturated rings. The topological polar surface area (TPSA) is 67.6 Å². The van der Waals surface area contributed by atoms with E-state index in [9.17, 15) is 13.2 Å². The van der Waals surface area contributed by atoms with Gasteiger partial charge in [0.25, 0.3) is 0 Å². The highest BCUT2D eigenvalue weighted by Crippen LogP contribution is 2.31. The lowest BCUT2D eigenvalue weighted by atomic mass is 10.2. The van der Waals surface area contributed by atoms with Crippen molar-refractivity contribution in [3.63, 3.8) is 0 Å². The van der Waals surface area contributed by atoms with E-state index in [2.05, 4.69) is 15.0 Å². The van der Waals surface area contributed by atoms with E-state index >= 15 is 0 Å². The number of pyridine rings is 1. The predicted molar refractivity (Wildman–Crippen MR) is 72.2 cm³/mol. The summed E-state index contributed by atoms with van der Waals surface area (Å²) in [5, 5.41) is 0. The third-order valence-corrected chi connectivity index (χ3v) is 3.11. The molecule has 0 aliphatic heterocycles. The first kappa shape index (κ1) is 13.6. The molecule has 1 aromatic carbocycles. The van der Waals surface area contributed by atoms with E-state index in [1.807, 2.05) is 0 Å². The Kier molecular flexibility index (Phi) is 3.13. The van der Waals surface area contributed by atoms with Crippen LogP contribution in [0.5, 0.6) is 0 Å². The molecule has 3 rings (SSSR count). The Bertz CT molecular complexity index is 792. The summed E-state index contributed by atoms with van der Waals surface area (Å²) >= 11 is 0. The van der Waals surface area contributed by atoms with Crippen LogP contribution in [0.15, 0.2) is 36.5 Å². The van der Waals surface area contributed by atoms with Crippen LogP contribution in [0.4, 0.5) is 13.2 Å². The van der Waals surface area contributed by atoms with Gasteiger partial charge in [-0.25, -0.2) is 4.98 Å². The van der Waals surface area contributed by atoms with Crippen LogP contribution in [0.3, 0.4) is 0 Å². The summed E-state index contributed by atoms with van der Waals surface area (Å²) in [5.74, 6) is 0.487. The van der Waals surface area contributed by atoms with Gasteiger partial charge < -0.3 is 10.7 Å². The minimum atomic E-state index is -4.37. The Balaban J connectivity index is 2.08. The second-order valence-corrected chi connectivity index (χ2v) is 4.56. The number of nitrogens with zero attached hydrogens (tertiary/aromatic N) is 2. The minimum Gasteiger partial charge on any atom is -0.338 e. The molecule has 0 aliphatic rings. The smallest absolute Gasteiger partial charge is 0.338 e. The molecule has 2 aromatic heterocycles. The number of benzene rings is 1. The van der Waals surface area contributed by atoms with Gasteiger partial charge in [-0.3, -0.25) is 4.98 Å². The summed E-state index contributed by atoms with van der Waals surface area (Å²) in [5.41, 5.74) is 7.05. The number of fused-ring (bicyclic) bond motifs is 1. The van der Waals surface area contributed by atoms with Crippen LogP contribution in [0.2, 0.25) is 0 Å². The fourth-order valence-corrected chi connectivity index (χ4v) is 2.06. The summed E-state index contributed by atoms with van der Waals surface area (Å²) in [7, 11) is 0. The largest absolute Gasteiger partial charge is 0.416 e. The summed E-state index contributed by atoms with van der Waals surface area (Å²) in [6.45, 7) is 0.284. The van der Waals surface area contributed by atoms with Gasteiger partial charge in [-0.05, 0) is 30.3 Å². The van der Waals surface area contributed by atoms with E-state index in [1.54, 1.807) is 18.3 Å². The number of imidazole rings is 1. The molecule has 7 heteroatoms. The number of aromatic amines is 1. The zero-order valence-corrected chi connectivity index (χ0v) is 10.8. The highest BCUT2D eigenvalue weighted by atomic mass is 19.4. The van der Waals surface area contributed by atoms with Crippen molar-refractivity contribution in [2.24, 2.45) is 5.73 Å². The third-order valence-electron chi connectivity index (χ3n) is 3.11. The molecule has 0 radical (unpaired) electrons. The van der Waals surface area contributed by atoms with E-state index in [-0.39, 0.29) is 6.54 Å². The Morgan fingerprint density at radius 1 is 1.14 bits per heavy atom. The van der Waals surface area contributed by atoms with Gasteiger partial charge in [0.1, 0.15) is 5.82 Å². The molecule has 3 aromatic rings. The molecule has 0 saturated heterocycles. The number of halogens is 3. The maximum Gasteiger partial charge on any atom is 0.416 e. The van der Waals surface area contributed by atoms with Crippen LogP contribution < -0.4 is 5.73 Å². The van der Waals surface area contributed by atoms with Crippen molar-refractivity contribution in [2.75, 3.05) is 0 Å². The van der Waals surface area contributed by atoms with Crippen LogP contribution >= 0.6 is 0 Å². The predicted octanol–water partition coefficient (Wildman–Crippen LogP) is 3.10. The fraction of sp³-hybridized carbons (Fsp3) is 0.143. The molecule has 0 aliphatic carbocycles. The third kappa shape index (κ3) is 2.59. The van der Waals surface area contributed by atoms with Gasteiger partial charge >= 0.3 is 6.18 Å². The number of alkyl halides is 3. The minimum absolute atomic E-state index is 0.284. The number of hydrogen-bond acceptors (Lipinski definition) is 3. The van der Waals surface area contributed by atoms with Gasteiger partial charge in [-0.15, -0.1) is 0 Å². The van der Waals surface area contributed by atoms with E-state index in [0.717, 1.165) is 17.7 Å². The maximum atomic E-state index is 12.7. The highest BCUT2D eigenvalue weighted by Gasteiger charge is 2.30. The van der Waals surface area contributed by atoms with Crippen LogP contribution in [0.25, 0.3) is 22.4 Å². The van der Waals surface area contributed by atoms with Crippen molar-refractivity contribution < 1.29 is 13.2 Å². The first-order valence-electron chi connectivity index (χ1n) is 6.20. The van der Waals surface area contributed by atoms with E-state index in [4.69, 9.17) is 5.73 Å². The molecule has 0 saturated carbocycles. The SMILES string of the molecule is NCc1cc(-c2nc3ccc(C(F)(F)F)cc3[nH]2)ccn1. The van der Waals surface area contributed by atoms with Gasteiger partial charge in [0.2, 0.25) is 0 Å². The number of hydrogen-bond donors (Lipinski definition) is 2. The number of H-pyrrole nitrogens is 1. The highest BCUT2D eigenvalue weighted by molar-refractivity contribution is 5.80. The summed E-state index contributed by atoms with van der Waals surface area (Å²) in [6.07, 6.45) is -2.78. The van der Waals surface area contributed by atoms with Crippen molar-refractivity contribution >= 4 is 11.0 Å². The summed E-state index contributed by atoms with van der Waals surface area (Å²) in [4.78, 5) is 11.3. The Hall–Kier alpha value is -2.41. The Labute approximate surface area is 117 Å². The van der Waals surface area contributed by atoms with Crippen LogP contribution in [-0.2, 0) is 12.7 Å². The van der Waals surface area contributed by atoms with Crippen molar-refractivity contribution in [1.82, 2.24) is 15.0 Å². The van der Waals surface area contributed by atoms with Gasteiger partial charge in [0.05, 0.1) is 22.3 Å². The molecule has 4 nitrogen and oxygen atoms in total. The molecule has 0 atom stereocenters. The van der Waals surface area contributed by atoms with Crippen molar-refractivity contribution in [1.29, 1.82) is 0 Å². The molecular weight excluding hydrogens is 281 g/mol. The van der Waals surface area contributed by atoms with Gasteiger partial charge in [0, 0.05) is 18.3 Å². The van der Waals surface area contributed by atoms with Gasteiger partial charge in [-0.1, -0.05) is 0 Å². The van der Waals surface area contributed by atoms with Crippen molar-refractivity contribution in [2.45, 2.75) is 12.7 Å². The van der Waals surface area contributed by atoms with Crippen molar-refractivity contribution in [3.8, 4) is 11.4 Å². The molecule has 0 amide bonds. The number of aromatic nitrogens is 3. The summed E-state index contributed by atoms with van der Waals surface area (Å²) < 4.78 is 38.1. The summed E-state index contributed by atoms with van der Waals surface area (Å²) in [6, 6.07) is 6.90. The van der Waals surface area contributed by atoms with Gasteiger partial charge in [0.15, 0.2) is 0 Å². The van der Waals surface area contributed by atoms with E-state index in [1.165, 1.54) is 6.07 Å². The number of rotatable bonds is 2. The second-order valence-electron chi connectivity index (χ2n) is 4.56. The van der Waals surface area contributed by atoms with E-state index < -0.39 is 11.7 Å². The Morgan fingerprint density at radius 3 is 2.67 bits per heavy atom. The monoisotopic (exact) mass is 292 g/mol. The average molecular weight is 292 g/mol. The lowest BCUT2D eigenvalue weighted by Crippen LogP contribution is -2.04.